The van der Waals surface area contributed by atoms with Gasteiger partial charge in [-0.25, -0.2) is 4.79 Å². The number of hydrogen-bond acceptors (Lipinski definition) is 5. The van der Waals surface area contributed by atoms with Gasteiger partial charge in [0.05, 0.1) is 27.2 Å². The van der Waals surface area contributed by atoms with Crippen molar-refractivity contribution in [1.29, 1.82) is 0 Å². The van der Waals surface area contributed by atoms with Gasteiger partial charge in [-0.1, -0.05) is 6.08 Å². The molecule has 0 N–H and O–H groups in total. The van der Waals surface area contributed by atoms with Gasteiger partial charge in [0.2, 0.25) is 0 Å². The molecule has 1 aliphatic rings. The van der Waals surface area contributed by atoms with Gasteiger partial charge in [-0.2, -0.15) is 0 Å². The maximum Gasteiger partial charge on any atom is 0.409 e. The zero-order valence-corrected chi connectivity index (χ0v) is 16.8. The van der Waals surface area contributed by atoms with E-state index in [0.29, 0.717) is 25.4 Å². The van der Waals surface area contributed by atoms with Gasteiger partial charge >= 0.3 is 12.1 Å². The van der Waals surface area contributed by atoms with Crippen molar-refractivity contribution < 1.29 is 23.8 Å². The summed E-state index contributed by atoms with van der Waals surface area (Å²) in [6.45, 7) is 3.70. The van der Waals surface area contributed by atoms with E-state index in [0.717, 1.165) is 26.7 Å². The Hall–Kier alpha value is -1.77. The van der Waals surface area contributed by atoms with Crippen molar-refractivity contribution in [3.8, 4) is 5.75 Å². The zero-order chi connectivity index (χ0) is 18.4. The van der Waals surface area contributed by atoms with Gasteiger partial charge in [-0.15, -0.1) is 0 Å². The van der Waals surface area contributed by atoms with Crippen LogP contribution in [0.3, 0.4) is 0 Å². The average Bonchev–Trinajstić information content (AvgIpc) is 2.99. The fourth-order valence-corrected chi connectivity index (χ4v) is 3.35. The Morgan fingerprint density at radius 1 is 1.40 bits per heavy atom. The lowest BCUT2D eigenvalue weighted by Crippen LogP contribution is -2.24. The molecule has 0 radical (unpaired) electrons. The molecule has 0 saturated carbocycles. The Bertz CT molecular complexity index is 686. The minimum absolute atomic E-state index is 0.165. The van der Waals surface area contributed by atoms with Crippen LogP contribution < -0.4 is 4.74 Å². The van der Waals surface area contributed by atoms with E-state index >= 15 is 0 Å². The third-order valence-corrected chi connectivity index (χ3v) is 5.02. The van der Waals surface area contributed by atoms with Crippen LogP contribution in [0.1, 0.15) is 23.1 Å². The van der Waals surface area contributed by atoms with E-state index in [1.54, 1.807) is 12.0 Å². The van der Waals surface area contributed by atoms with Crippen LogP contribution >= 0.6 is 22.6 Å². The van der Waals surface area contributed by atoms with E-state index in [1.165, 1.54) is 7.11 Å². The van der Waals surface area contributed by atoms with E-state index in [9.17, 15) is 9.59 Å². The molecule has 0 spiro atoms. The molecule has 1 aliphatic heterocycles. The summed E-state index contributed by atoms with van der Waals surface area (Å²) in [6, 6.07) is 3.98. The van der Waals surface area contributed by atoms with Crippen LogP contribution in [0.4, 0.5) is 4.79 Å². The number of carbonyl (C=O) groups excluding carboxylic acids is 2. The predicted octanol–water partition coefficient (Wildman–Crippen LogP) is 3.34. The van der Waals surface area contributed by atoms with Gasteiger partial charge in [0.1, 0.15) is 12.4 Å². The fraction of sp³-hybridized carbons (Fsp3) is 0.444. The van der Waals surface area contributed by atoms with E-state index in [-0.39, 0.29) is 18.5 Å². The standard InChI is InChI=1S/C18H22INO5/c1-12-9-13(10-14(17(12)24-3)11-16(21)23-2)15(19)5-4-6-20-7-8-25-18(20)22/h5,9-10H,4,6-8,11H2,1-3H3/b15-5+. The number of esters is 1. The van der Waals surface area contributed by atoms with Crippen molar-refractivity contribution in [3.05, 3.63) is 34.9 Å². The second kappa shape index (κ2) is 9.07. The first kappa shape index (κ1) is 19.6. The lowest BCUT2D eigenvalue weighted by atomic mass is 10.0. The van der Waals surface area contributed by atoms with Gasteiger partial charge in [0, 0.05) is 15.7 Å². The Morgan fingerprint density at radius 2 is 2.16 bits per heavy atom. The van der Waals surface area contributed by atoms with Crippen LogP contribution in [0.25, 0.3) is 3.58 Å². The number of rotatable bonds is 7. The number of aryl methyl sites for hydroxylation is 1. The molecule has 0 unspecified atom stereocenters. The van der Waals surface area contributed by atoms with Crippen LogP contribution in [0.5, 0.6) is 5.75 Å². The highest BCUT2D eigenvalue weighted by molar-refractivity contribution is 14.1. The molecule has 7 heteroatoms. The molecule has 0 aliphatic carbocycles. The lowest BCUT2D eigenvalue weighted by Gasteiger charge is -2.14. The molecule has 6 nitrogen and oxygen atoms in total. The Kier molecular flexibility index (Phi) is 7.10. The van der Waals surface area contributed by atoms with Crippen molar-refractivity contribution in [2.24, 2.45) is 0 Å². The molecule has 0 aromatic heterocycles. The second-order valence-corrected chi connectivity index (χ2v) is 6.84. The van der Waals surface area contributed by atoms with Crippen molar-refractivity contribution in [1.82, 2.24) is 4.90 Å². The number of methoxy groups -OCH3 is 2. The number of hydrogen-bond donors (Lipinski definition) is 0. The van der Waals surface area contributed by atoms with E-state index < -0.39 is 0 Å². The number of nitrogens with zero attached hydrogens (tertiary/aromatic N) is 1. The first-order valence-corrected chi connectivity index (χ1v) is 9.06. The molecule has 2 rings (SSSR count). The van der Waals surface area contributed by atoms with Crippen molar-refractivity contribution >= 4 is 38.2 Å². The summed E-state index contributed by atoms with van der Waals surface area (Å²) in [5.41, 5.74) is 2.78. The normalized spacial score (nSPS) is 14.5. The molecular weight excluding hydrogens is 437 g/mol. The van der Waals surface area contributed by atoms with Gasteiger partial charge in [0.15, 0.2) is 0 Å². The third-order valence-electron chi connectivity index (χ3n) is 3.96. The fourth-order valence-electron chi connectivity index (χ4n) is 2.73. The number of cyclic esters (lactones) is 1. The monoisotopic (exact) mass is 459 g/mol. The Balaban J connectivity index is 2.14. The lowest BCUT2D eigenvalue weighted by molar-refractivity contribution is -0.139. The maximum atomic E-state index is 11.6. The molecule has 0 atom stereocenters. The summed E-state index contributed by atoms with van der Waals surface area (Å²) in [5.74, 6) is 0.402. The zero-order valence-electron chi connectivity index (χ0n) is 14.6. The maximum absolute atomic E-state index is 11.6. The van der Waals surface area contributed by atoms with Gasteiger partial charge in [-0.05, 0) is 59.2 Å². The topological polar surface area (TPSA) is 65.1 Å². The van der Waals surface area contributed by atoms with Crippen LogP contribution in [0.2, 0.25) is 0 Å². The van der Waals surface area contributed by atoms with Crippen LogP contribution in [0.15, 0.2) is 18.2 Å². The van der Waals surface area contributed by atoms with Crippen LogP contribution in [-0.4, -0.2) is 50.9 Å². The second-order valence-electron chi connectivity index (χ2n) is 5.68. The molecular formula is C18H22INO5. The molecule has 136 valence electrons. The minimum Gasteiger partial charge on any atom is -0.496 e. The number of carbonyl (C=O) groups is 2. The molecule has 1 saturated heterocycles. The Labute approximate surface area is 161 Å². The molecule has 25 heavy (non-hydrogen) atoms. The van der Waals surface area contributed by atoms with Crippen LogP contribution in [0, 0.1) is 6.92 Å². The minimum atomic E-state index is -0.304. The van der Waals surface area contributed by atoms with Gasteiger partial charge in [0.25, 0.3) is 0 Å². The summed E-state index contributed by atoms with van der Waals surface area (Å²) in [6.07, 6.45) is 2.74. The van der Waals surface area contributed by atoms with Crippen molar-refractivity contribution in [2.75, 3.05) is 33.9 Å². The number of halogens is 1. The smallest absolute Gasteiger partial charge is 0.409 e. The molecule has 1 aromatic rings. The molecule has 1 aromatic carbocycles. The first-order valence-electron chi connectivity index (χ1n) is 7.98. The average molecular weight is 459 g/mol. The van der Waals surface area contributed by atoms with E-state index in [2.05, 4.69) is 28.7 Å². The third kappa shape index (κ3) is 5.10. The van der Waals surface area contributed by atoms with Crippen molar-refractivity contribution in [2.45, 2.75) is 19.8 Å². The molecule has 0 bridgehead atoms. The van der Waals surface area contributed by atoms with E-state index in [4.69, 9.17) is 14.2 Å². The molecule has 1 amide bonds. The number of benzene rings is 1. The summed E-state index contributed by atoms with van der Waals surface area (Å²) in [4.78, 5) is 24.8. The van der Waals surface area contributed by atoms with Crippen LogP contribution in [-0.2, 0) is 20.7 Å². The highest BCUT2D eigenvalue weighted by Gasteiger charge is 2.20. The highest BCUT2D eigenvalue weighted by Crippen LogP contribution is 2.31. The molecule has 1 fully saturated rings. The number of ether oxygens (including phenoxy) is 3. The highest BCUT2D eigenvalue weighted by atomic mass is 127. The number of amides is 1. The van der Waals surface area contributed by atoms with E-state index in [1.807, 2.05) is 19.1 Å². The van der Waals surface area contributed by atoms with Gasteiger partial charge in [-0.3, -0.25) is 4.79 Å². The molecule has 1 heterocycles. The summed E-state index contributed by atoms with van der Waals surface area (Å²) in [5, 5.41) is 0. The first-order chi connectivity index (χ1) is 12.0. The Morgan fingerprint density at radius 3 is 2.76 bits per heavy atom. The summed E-state index contributed by atoms with van der Waals surface area (Å²) in [7, 11) is 2.97. The SMILES string of the molecule is COC(=O)Cc1cc(/C(I)=C\CCN2CCOC2=O)cc(C)c1OC. The summed E-state index contributed by atoms with van der Waals surface area (Å²) < 4.78 is 16.2. The predicted molar refractivity (Wildman–Crippen MR) is 103 cm³/mol. The largest absolute Gasteiger partial charge is 0.496 e. The summed E-state index contributed by atoms with van der Waals surface area (Å²) >= 11 is 2.27. The van der Waals surface area contributed by atoms with Gasteiger partial charge < -0.3 is 19.1 Å². The quantitative estimate of drug-likeness (QED) is 0.463. The van der Waals surface area contributed by atoms with Crippen molar-refractivity contribution in [3.63, 3.8) is 0 Å².